The second kappa shape index (κ2) is 9.00. The predicted octanol–water partition coefficient (Wildman–Crippen LogP) is 4.49. The third kappa shape index (κ3) is 5.08. The van der Waals surface area contributed by atoms with E-state index in [1.165, 1.54) is 11.8 Å². The van der Waals surface area contributed by atoms with Gasteiger partial charge in [-0.3, -0.25) is 4.79 Å². The molecule has 3 aromatic rings. The molecule has 2 aromatic carbocycles. The summed E-state index contributed by atoms with van der Waals surface area (Å²) < 4.78 is 16.2. The van der Waals surface area contributed by atoms with Gasteiger partial charge in [-0.05, 0) is 45.0 Å². The maximum atomic E-state index is 12.5. The van der Waals surface area contributed by atoms with Gasteiger partial charge < -0.3 is 19.2 Å². The zero-order valence-electron chi connectivity index (χ0n) is 17.0. The number of aromatic nitrogens is 2. The number of carbonyl (C=O) groups is 1. The minimum Gasteiger partial charge on any atom is -0.493 e. The molecule has 1 heterocycles. The van der Waals surface area contributed by atoms with Crippen molar-refractivity contribution in [3.63, 3.8) is 0 Å². The van der Waals surface area contributed by atoms with E-state index in [0.717, 1.165) is 16.7 Å². The summed E-state index contributed by atoms with van der Waals surface area (Å²) >= 11 is 1.20. The van der Waals surface area contributed by atoms with Crippen molar-refractivity contribution in [3.05, 3.63) is 47.5 Å². The zero-order chi connectivity index (χ0) is 21.0. The summed E-state index contributed by atoms with van der Waals surface area (Å²) in [5.74, 6) is 1.39. The summed E-state index contributed by atoms with van der Waals surface area (Å²) in [6.45, 7) is 5.81. The van der Waals surface area contributed by atoms with Crippen molar-refractivity contribution in [1.29, 1.82) is 0 Å². The average molecular weight is 413 g/mol. The molecule has 1 aromatic heterocycles. The van der Waals surface area contributed by atoms with Crippen LogP contribution in [0.15, 0.2) is 46.0 Å². The van der Waals surface area contributed by atoms with E-state index in [0.29, 0.717) is 28.3 Å². The van der Waals surface area contributed by atoms with Gasteiger partial charge in [0.25, 0.3) is 5.22 Å². The smallest absolute Gasteiger partial charge is 0.277 e. The van der Waals surface area contributed by atoms with Crippen LogP contribution in [0.3, 0.4) is 0 Å². The highest BCUT2D eigenvalue weighted by molar-refractivity contribution is 8.00. The van der Waals surface area contributed by atoms with Crippen LogP contribution in [0.25, 0.3) is 11.5 Å². The Morgan fingerprint density at radius 3 is 2.38 bits per heavy atom. The number of nitrogens with zero attached hydrogens (tertiary/aromatic N) is 2. The molecule has 7 nitrogen and oxygen atoms in total. The van der Waals surface area contributed by atoms with Crippen LogP contribution in [0.5, 0.6) is 11.5 Å². The molecule has 1 atom stereocenters. The molecular weight excluding hydrogens is 390 g/mol. The van der Waals surface area contributed by atoms with Gasteiger partial charge in [-0.2, -0.15) is 0 Å². The molecule has 0 aliphatic heterocycles. The van der Waals surface area contributed by atoms with Gasteiger partial charge in [0.1, 0.15) is 0 Å². The minimum atomic E-state index is -0.435. The Morgan fingerprint density at radius 2 is 1.72 bits per heavy atom. The number of benzene rings is 2. The van der Waals surface area contributed by atoms with Crippen LogP contribution in [-0.2, 0) is 4.79 Å². The van der Waals surface area contributed by atoms with E-state index >= 15 is 0 Å². The summed E-state index contributed by atoms with van der Waals surface area (Å²) in [7, 11) is 3.11. The minimum absolute atomic E-state index is 0.187. The van der Waals surface area contributed by atoms with Gasteiger partial charge in [-0.25, -0.2) is 0 Å². The molecule has 0 radical (unpaired) electrons. The largest absolute Gasteiger partial charge is 0.493 e. The van der Waals surface area contributed by atoms with Crippen molar-refractivity contribution in [3.8, 4) is 23.0 Å². The molecule has 0 bridgehead atoms. The lowest BCUT2D eigenvalue weighted by Gasteiger charge is -2.12. The Kier molecular flexibility index (Phi) is 6.43. The second-order valence-electron chi connectivity index (χ2n) is 6.57. The Labute approximate surface area is 173 Å². The number of nitrogens with one attached hydrogen (secondary N) is 1. The van der Waals surface area contributed by atoms with Crippen molar-refractivity contribution in [2.24, 2.45) is 0 Å². The maximum absolute atomic E-state index is 12.5. The summed E-state index contributed by atoms with van der Waals surface area (Å²) in [5.41, 5.74) is 3.72. The third-order valence-electron chi connectivity index (χ3n) is 4.17. The molecule has 29 heavy (non-hydrogen) atoms. The van der Waals surface area contributed by atoms with Crippen LogP contribution in [-0.4, -0.2) is 35.6 Å². The van der Waals surface area contributed by atoms with Gasteiger partial charge in [-0.1, -0.05) is 29.0 Å². The van der Waals surface area contributed by atoms with E-state index in [-0.39, 0.29) is 5.91 Å². The van der Waals surface area contributed by atoms with Gasteiger partial charge in [0.05, 0.1) is 19.5 Å². The number of anilines is 1. The summed E-state index contributed by atoms with van der Waals surface area (Å²) in [6, 6.07) is 11.3. The first-order valence-corrected chi connectivity index (χ1v) is 9.89. The number of thioether (sulfide) groups is 1. The number of amides is 1. The van der Waals surface area contributed by atoms with Crippen LogP contribution >= 0.6 is 11.8 Å². The lowest BCUT2D eigenvalue weighted by atomic mass is 10.1. The maximum Gasteiger partial charge on any atom is 0.277 e. The Morgan fingerprint density at radius 1 is 1.03 bits per heavy atom. The van der Waals surface area contributed by atoms with Gasteiger partial charge in [0.15, 0.2) is 11.5 Å². The molecular formula is C21H23N3O4S. The fraction of sp³-hybridized carbons (Fsp3) is 0.286. The topological polar surface area (TPSA) is 86.5 Å². The Bertz CT molecular complexity index is 999. The fourth-order valence-corrected chi connectivity index (χ4v) is 3.52. The number of aryl methyl sites for hydroxylation is 2. The predicted molar refractivity (Wildman–Crippen MR) is 113 cm³/mol. The molecule has 8 heteroatoms. The van der Waals surface area contributed by atoms with E-state index in [4.69, 9.17) is 13.9 Å². The van der Waals surface area contributed by atoms with Crippen molar-refractivity contribution >= 4 is 23.4 Å². The molecule has 0 unspecified atom stereocenters. The lowest BCUT2D eigenvalue weighted by molar-refractivity contribution is -0.115. The van der Waals surface area contributed by atoms with Crippen molar-refractivity contribution < 1.29 is 18.7 Å². The van der Waals surface area contributed by atoms with Crippen LogP contribution in [0.1, 0.15) is 18.1 Å². The van der Waals surface area contributed by atoms with E-state index in [1.807, 2.05) is 26.0 Å². The highest BCUT2D eigenvalue weighted by Gasteiger charge is 2.19. The van der Waals surface area contributed by atoms with Gasteiger partial charge in [-0.15, -0.1) is 10.2 Å². The van der Waals surface area contributed by atoms with E-state index in [9.17, 15) is 4.79 Å². The van der Waals surface area contributed by atoms with Gasteiger partial charge in [0.2, 0.25) is 11.8 Å². The number of hydrogen-bond donors (Lipinski definition) is 1. The van der Waals surface area contributed by atoms with E-state index in [1.54, 1.807) is 39.3 Å². The zero-order valence-corrected chi connectivity index (χ0v) is 17.8. The van der Waals surface area contributed by atoms with E-state index in [2.05, 4.69) is 21.6 Å². The average Bonchev–Trinajstić information content (AvgIpc) is 3.15. The quantitative estimate of drug-likeness (QED) is 0.571. The monoisotopic (exact) mass is 413 g/mol. The highest BCUT2D eigenvalue weighted by atomic mass is 32.2. The number of hydrogen-bond acceptors (Lipinski definition) is 7. The first-order valence-electron chi connectivity index (χ1n) is 9.01. The highest BCUT2D eigenvalue weighted by Crippen LogP contribution is 2.31. The van der Waals surface area contributed by atoms with Crippen LogP contribution in [0.4, 0.5) is 5.69 Å². The molecule has 1 amide bonds. The Balaban J connectivity index is 1.66. The number of ether oxygens (including phenoxy) is 2. The summed E-state index contributed by atoms with van der Waals surface area (Å²) in [6.07, 6.45) is 0. The summed E-state index contributed by atoms with van der Waals surface area (Å²) in [5, 5.41) is 10.9. The van der Waals surface area contributed by atoms with Gasteiger partial charge >= 0.3 is 0 Å². The molecule has 0 saturated carbocycles. The van der Waals surface area contributed by atoms with Crippen LogP contribution in [0.2, 0.25) is 0 Å². The molecule has 152 valence electrons. The SMILES string of the molecule is COc1ccc(NC(=O)[C@@H](C)Sc2nnc(-c3cc(C)cc(C)c3)o2)cc1OC. The normalized spacial score (nSPS) is 11.8. The second-order valence-corrected chi connectivity index (χ2v) is 7.86. The first-order chi connectivity index (χ1) is 13.9. The van der Waals surface area contributed by atoms with Crippen LogP contribution < -0.4 is 14.8 Å². The summed E-state index contributed by atoms with van der Waals surface area (Å²) in [4.78, 5) is 12.5. The third-order valence-corrected chi connectivity index (χ3v) is 5.11. The molecule has 0 saturated heterocycles. The standard InChI is InChI=1S/C21H23N3O4S/c1-12-8-13(2)10-15(9-12)20-23-24-21(28-20)29-14(3)19(25)22-16-6-7-17(26-4)18(11-16)27-5/h6-11,14H,1-5H3,(H,22,25)/t14-/m1/s1. The number of methoxy groups -OCH3 is 2. The fourth-order valence-electron chi connectivity index (χ4n) is 2.83. The Hall–Kier alpha value is -3.00. The molecule has 1 N–H and O–H groups in total. The molecule has 0 fully saturated rings. The van der Waals surface area contributed by atoms with E-state index < -0.39 is 5.25 Å². The van der Waals surface area contributed by atoms with Crippen molar-refractivity contribution in [1.82, 2.24) is 10.2 Å². The first kappa shape index (κ1) is 20.7. The van der Waals surface area contributed by atoms with Crippen LogP contribution in [0, 0.1) is 13.8 Å². The molecule has 3 rings (SSSR count). The van der Waals surface area contributed by atoms with Gasteiger partial charge in [0, 0.05) is 17.3 Å². The molecule has 0 aliphatic carbocycles. The lowest BCUT2D eigenvalue weighted by Crippen LogP contribution is -2.22. The number of carbonyl (C=O) groups excluding carboxylic acids is 1. The number of rotatable bonds is 7. The van der Waals surface area contributed by atoms with Crippen molar-refractivity contribution in [2.75, 3.05) is 19.5 Å². The molecule has 0 aliphatic rings. The molecule has 0 spiro atoms. The van der Waals surface area contributed by atoms with Crippen molar-refractivity contribution in [2.45, 2.75) is 31.2 Å².